The monoisotopic (exact) mass is 407 g/mol. The highest BCUT2D eigenvalue weighted by Gasteiger charge is 2.18. The van der Waals surface area contributed by atoms with Crippen LogP contribution in [-0.4, -0.2) is 34.3 Å². The summed E-state index contributed by atoms with van der Waals surface area (Å²) in [6.07, 6.45) is 0. The first-order chi connectivity index (χ1) is 14.3. The van der Waals surface area contributed by atoms with E-state index in [1.54, 1.807) is 48.5 Å². The van der Waals surface area contributed by atoms with Gasteiger partial charge in [-0.2, -0.15) is 0 Å². The quantitative estimate of drug-likeness (QED) is 0.671. The van der Waals surface area contributed by atoms with Crippen LogP contribution in [0.4, 0.5) is 17.2 Å². The number of anilines is 3. The number of para-hydroxylation sites is 2. The number of fused-ring (bicyclic) bond motifs is 1. The van der Waals surface area contributed by atoms with Crippen molar-refractivity contribution in [3.8, 4) is 0 Å². The zero-order valence-corrected chi connectivity index (χ0v) is 16.8. The van der Waals surface area contributed by atoms with E-state index in [9.17, 15) is 19.2 Å². The van der Waals surface area contributed by atoms with Gasteiger partial charge in [-0.3, -0.25) is 28.6 Å². The Morgan fingerprint density at radius 3 is 2.17 bits per heavy atom. The average Bonchev–Trinajstić information content (AvgIpc) is 2.70. The van der Waals surface area contributed by atoms with Gasteiger partial charge in [0, 0.05) is 32.3 Å². The van der Waals surface area contributed by atoms with Crippen LogP contribution in [0.1, 0.15) is 13.8 Å². The molecule has 0 radical (unpaired) electrons. The van der Waals surface area contributed by atoms with E-state index in [1.807, 2.05) is 0 Å². The molecule has 154 valence electrons. The number of carbonyl (C=O) groups is 3. The molecule has 0 spiro atoms. The van der Waals surface area contributed by atoms with E-state index in [1.165, 1.54) is 25.5 Å². The molecule has 0 bridgehead atoms. The second-order valence-electron chi connectivity index (χ2n) is 6.70. The van der Waals surface area contributed by atoms with E-state index in [-0.39, 0.29) is 24.2 Å². The number of nitrogens with zero attached hydrogens (tertiary/aromatic N) is 3. The minimum atomic E-state index is -0.539. The second kappa shape index (κ2) is 8.56. The largest absolute Gasteiger partial charge is 0.326 e. The number of amides is 3. The maximum absolute atomic E-state index is 13.0. The van der Waals surface area contributed by atoms with Gasteiger partial charge in [0.05, 0.1) is 11.0 Å². The van der Waals surface area contributed by atoms with Gasteiger partial charge >= 0.3 is 0 Å². The molecule has 0 aliphatic rings. The molecule has 0 saturated carbocycles. The Morgan fingerprint density at radius 1 is 0.967 bits per heavy atom. The molecule has 0 unspecified atom stereocenters. The SMILES string of the molecule is CC(=O)Nc1ccc(NC(=O)Cn2c(=O)c(N(C)C(C)=O)nc3ccccc32)cc1. The molecule has 2 N–H and O–H groups in total. The molecule has 0 aliphatic carbocycles. The Balaban J connectivity index is 1.90. The van der Waals surface area contributed by atoms with Crippen LogP contribution in [0.5, 0.6) is 0 Å². The van der Waals surface area contributed by atoms with Gasteiger partial charge in [0.1, 0.15) is 6.54 Å². The fourth-order valence-electron chi connectivity index (χ4n) is 2.89. The number of rotatable bonds is 5. The molecule has 3 rings (SSSR count). The van der Waals surface area contributed by atoms with Gasteiger partial charge in [0.2, 0.25) is 23.5 Å². The molecule has 30 heavy (non-hydrogen) atoms. The van der Waals surface area contributed by atoms with Crippen molar-refractivity contribution in [2.75, 3.05) is 22.6 Å². The molecule has 0 saturated heterocycles. The topological polar surface area (TPSA) is 113 Å². The van der Waals surface area contributed by atoms with E-state index in [4.69, 9.17) is 0 Å². The van der Waals surface area contributed by atoms with Crippen LogP contribution in [0, 0.1) is 0 Å². The number of carbonyl (C=O) groups excluding carboxylic acids is 3. The smallest absolute Gasteiger partial charge is 0.294 e. The summed E-state index contributed by atoms with van der Waals surface area (Å²) in [5.74, 6) is -1.00. The molecule has 1 heterocycles. The molecule has 3 amide bonds. The maximum atomic E-state index is 13.0. The molecule has 1 aromatic heterocycles. The zero-order chi connectivity index (χ0) is 21.8. The van der Waals surface area contributed by atoms with Crippen LogP contribution in [0.15, 0.2) is 53.3 Å². The summed E-state index contributed by atoms with van der Waals surface area (Å²) >= 11 is 0. The van der Waals surface area contributed by atoms with Gasteiger partial charge in [-0.05, 0) is 36.4 Å². The summed E-state index contributed by atoms with van der Waals surface area (Å²) in [5.41, 5.74) is 1.56. The standard InChI is InChI=1S/C21H21N5O4/c1-13(27)22-15-8-10-16(11-9-15)23-19(29)12-26-18-7-5-4-6-17(18)24-20(21(26)30)25(3)14(2)28/h4-11H,12H2,1-3H3,(H,22,27)(H,23,29). The molecule has 0 fully saturated rings. The highest BCUT2D eigenvalue weighted by atomic mass is 16.2. The van der Waals surface area contributed by atoms with Gasteiger partial charge in [-0.25, -0.2) is 4.98 Å². The third-order valence-corrected chi connectivity index (χ3v) is 4.42. The van der Waals surface area contributed by atoms with E-state index in [2.05, 4.69) is 15.6 Å². The van der Waals surface area contributed by atoms with Crippen molar-refractivity contribution in [3.63, 3.8) is 0 Å². The minimum Gasteiger partial charge on any atom is -0.326 e. The predicted molar refractivity (Wildman–Crippen MR) is 114 cm³/mol. The highest BCUT2D eigenvalue weighted by Crippen LogP contribution is 2.16. The third kappa shape index (κ3) is 4.52. The van der Waals surface area contributed by atoms with Crippen LogP contribution in [0.25, 0.3) is 11.0 Å². The number of aromatic nitrogens is 2. The Labute approximate surface area is 172 Å². The normalized spacial score (nSPS) is 10.5. The number of hydrogen-bond donors (Lipinski definition) is 2. The van der Waals surface area contributed by atoms with Crippen molar-refractivity contribution in [1.29, 1.82) is 0 Å². The lowest BCUT2D eigenvalue weighted by Crippen LogP contribution is -2.36. The fraction of sp³-hybridized carbons (Fsp3) is 0.190. The van der Waals surface area contributed by atoms with E-state index >= 15 is 0 Å². The zero-order valence-electron chi connectivity index (χ0n) is 16.8. The molecule has 0 atom stereocenters. The average molecular weight is 407 g/mol. The lowest BCUT2D eigenvalue weighted by Gasteiger charge is -2.17. The van der Waals surface area contributed by atoms with E-state index in [0.717, 1.165) is 4.90 Å². The Morgan fingerprint density at radius 2 is 1.57 bits per heavy atom. The molecule has 3 aromatic rings. The third-order valence-electron chi connectivity index (χ3n) is 4.42. The van der Waals surface area contributed by atoms with Crippen LogP contribution < -0.4 is 21.1 Å². The van der Waals surface area contributed by atoms with Crippen LogP contribution in [-0.2, 0) is 20.9 Å². The number of benzene rings is 2. The van der Waals surface area contributed by atoms with Crippen molar-refractivity contribution in [2.45, 2.75) is 20.4 Å². The van der Waals surface area contributed by atoms with E-state index < -0.39 is 11.5 Å². The predicted octanol–water partition coefficient (Wildman–Crippen LogP) is 1.98. The van der Waals surface area contributed by atoms with Gasteiger partial charge < -0.3 is 10.6 Å². The van der Waals surface area contributed by atoms with Gasteiger partial charge in [0.15, 0.2) is 0 Å². The van der Waals surface area contributed by atoms with E-state index in [0.29, 0.717) is 22.4 Å². The maximum Gasteiger partial charge on any atom is 0.294 e. The minimum absolute atomic E-state index is 0.0475. The van der Waals surface area contributed by atoms with Crippen molar-refractivity contribution >= 4 is 45.9 Å². The summed E-state index contributed by atoms with van der Waals surface area (Å²) in [6.45, 7) is 2.48. The van der Waals surface area contributed by atoms with Crippen LogP contribution >= 0.6 is 0 Å². The summed E-state index contributed by atoms with van der Waals surface area (Å²) in [6, 6.07) is 13.5. The number of hydrogen-bond acceptors (Lipinski definition) is 5. The molecule has 2 aromatic carbocycles. The van der Waals surface area contributed by atoms with Crippen LogP contribution in [0.3, 0.4) is 0 Å². The number of nitrogens with one attached hydrogen (secondary N) is 2. The van der Waals surface area contributed by atoms with Gasteiger partial charge in [0.25, 0.3) is 5.56 Å². The lowest BCUT2D eigenvalue weighted by atomic mass is 10.2. The van der Waals surface area contributed by atoms with Crippen molar-refractivity contribution in [2.24, 2.45) is 0 Å². The van der Waals surface area contributed by atoms with Gasteiger partial charge in [-0.1, -0.05) is 12.1 Å². The Hall–Kier alpha value is -4.01. The first-order valence-corrected chi connectivity index (χ1v) is 9.17. The second-order valence-corrected chi connectivity index (χ2v) is 6.70. The summed E-state index contributed by atoms with van der Waals surface area (Å²) in [7, 11) is 1.46. The molecular formula is C21H21N5O4. The Bertz CT molecular complexity index is 1180. The van der Waals surface area contributed by atoms with Gasteiger partial charge in [-0.15, -0.1) is 0 Å². The Kier molecular flexibility index (Phi) is 5.91. The lowest BCUT2D eigenvalue weighted by molar-refractivity contribution is -0.117. The van der Waals surface area contributed by atoms with Crippen LogP contribution in [0.2, 0.25) is 0 Å². The summed E-state index contributed by atoms with van der Waals surface area (Å²) in [4.78, 5) is 53.8. The summed E-state index contributed by atoms with van der Waals surface area (Å²) < 4.78 is 1.29. The first-order valence-electron chi connectivity index (χ1n) is 9.17. The molecule has 0 aliphatic heterocycles. The molecule has 9 heteroatoms. The van der Waals surface area contributed by atoms with Crippen molar-refractivity contribution in [1.82, 2.24) is 9.55 Å². The molecule has 9 nitrogen and oxygen atoms in total. The summed E-state index contributed by atoms with van der Waals surface area (Å²) in [5, 5.41) is 5.36. The molecular weight excluding hydrogens is 386 g/mol. The fourth-order valence-corrected chi connectivity index (χ4v) is 2.89. The van der Waals surface area contributed by atoms with Crippen molar-refractivity contribution < 1.29 is 14.4 Å². The van der Waals surface area contributed by atoms with Crippen molar-refractivity contribution in [3.05, 3.63) is 58.9 Å². The first kappa shape index (κ1) is 20.7. The highest BCUT2D eigenvalue weighted by molar-refractivity contribution is 5.94.